The molecule has 4 heteroatoms. The van der Waals surface area contributed by atoms with Crippen molar-refractivity contribution in [1.29, 1.82) is 0 Å². The second-order valence-corrected chi connectivity index (χ2v) is 6.31. The van der Waals surface area contributed by atoms with E-state index in [1.165, 1.54) is 6.42 Å². The molecule has 1 heterocycles. The highest BCUT2D eigenvalue weighted by atomic mass is 35.5. The number of hydrogen-bond acceptors (Lipinski definition) is 3. The van der Waals surface area contributed by atoms with Gasteiger partial charge >= 0.3 is 0 Å². The van der Waals surface area contributed by atoms with Crippen molar-refractivity contribution < 1.29 is 4.74 Å². The summed E-state index contributed by atoms with van der Waals surface area (Å²) < 4.78 is 5.72. The molecule has 1 N–H and O–H groups in total. The molecule has 1 aromatic rings. The predicted molar refractivity (Wildman–Crippen MR) is 74.1 cm³/mol. The van der Waals surface area contributed by atoms with Crippen LogP contribution in [0.4, 0.5) is 0 Å². The van der Waals surface area contributed by atoms with Gasteiger partial charge in [-0.15, -0.1) is 0 Å². The van der Waals surface area contributed by atoms with Crippen molar-refractivity contribution >= 4 is 11.6 Å². The molecule has 0 bridgehead atoms. The molecule has 1 saturated carbocycles. The van der Waals surface area contributed by atoms with Crippen LogP contribution >= 0.6 is 11.6 Å². The van der Waals surface area contributed by atoms with E-state index in [9.17, 15) is 0 Å². The lowest BCUT2D eigenvalue weighted by atomic mass is 9.96. The van der Waals surface area contributed by atoms with E-state index in [4.69, 9.17) is 16.3 Å². The smallest absolute Gasteiger partial charge is 0.232 e. The maximum absolute atomic E-state index is 6.19. The van der Waals surface area contributed by atoms with Crippen molar-refractivity contribution in [3.05, 3.63) is 22.8 Å². The monoisotopic (exact) mass is 268 g/mol. The van der Waals surface area contributed by atoms with Crippen molar-refractivity contribution in [2.24, 2.45) is 0 Å². The molecule has 2 rings (SSSR count). The molecule has 0 radical (unpaired) electrons. The number of halogens is 1. The number of ether oxygens (including phenoxy) is 1. The van der Waals surface area contributed by atoms with E-state index in [2.05, 4.69) is 31.1 Å². The Balaban J connectivity index is 1.95. The minimum absolute atomic E-state index is 0.0909. The first-order valence-electron chi connectivity index (χ1n) is 6.50. The van der Waals surface area contributed by atoms with Crippen LogP contribution in [-0.4, -0.2) is 16.6 Å². The summed E-state index contributed by atoms with van der Waals surface area (Å²) in [5.41, 5.74) is 1.17. The number of nitrogens with zero attached hydrogens (tertiary/aromatic N) is 1. The van der Waals surface area contributed by atoms with Gasteiger partial charge in [0.2, 0.25) is 5.88 Å². The fourth-order valence-electron chi connectivity index (χ4n) is 1.66. The molecule has 1 aliphatic carbocycles. The molecule has 100 valence electrons. The molecule has 0 aliphatic heterocycles. The zero-order valence-corrected chi connectivity index (χ0v) is 12.0. The second-order valence-electron chi connectivity index (χ2n) is 5.90. The normalized spacial score (nSPS) is 16.4. The second kappa shape index (κ2) is 5.45. The van der Waals surface area contributed by atoms with Crippen LogP contribution in [0.1, 0.15) is 45.6 Å². The molecule has 0 saturated heterocycles. The van der Waals surface area contributed by atoms with Crippen LogP contribution in [0.2, 0.25) is 5.02 Å². The van der Waals surface area contributed by atoms with E-state index >= 15 is 0 Å². The molecule has 18 heavy (non-hydrogen) atoms. The average Bonchev–Trinajstić information content (AvgIpc) is 2.21. The van der Waals surface area contributed by atoms with E-state index in [0.29, 0.717) is 17.0 Å². The van der Waals surface area contributed by atoms with Gasteiger partial charge in [-0.1, -0.05) is 11.6 Å². The maximum Gasteiger partial charge on any atom is 0.232 e. The topological polar surface area (TPSA) is 34.2 Å². The fourth-order valence-corrected chi connectivity index (χ4v) is 1.90. The third-order valence-electron chi connectivity index (χ3n) is 3.02. The zero-order chi connectivity index (χ0) is 13.2. The van der Waals surface area contributed by atoms with Crippen LogP contribution < -0.4 is 10.1 Å². The summed E-state index contributed by atoms with van der Waals surface area (Å²) in [4.78, 5) is 4.31. The molecule has 1 aromatic heterocycles. The Morgan fingerprint density at radius 2 is 2.17 bits per heavy atom. The molecule has 1 fully saturated rings. The van der Waals surface area contributed by atoms with Crippen molar-refractivity contribution in [3.8, 4) is 5.88 Å². The van der Waals surface area contributed by atoms with E-state index in [0.717, 1.165) is 24.9 Å². The Bertz CT molecular complexity index is 411. The van der Waals surface area contributed by atoms with E-state index in [1.54, 1.807) is 0 Å². The van der Waals surface area contributed by atoms with E-state index in [1.807, 2.05) is 12.3 Å². The number of pyridine rings is 1. The van der Waals surface area contributed by atoms with Crippen molar-refractivity contribution in [2.45, 2.75) is 58.2 Å². The molecule has 3 nitrogen and oxygen atoms in total. The number of hydrogen-bond donors (Lipinski definition) is 1. The van der Waals surface area contributed by atoms with Crippen molar-refractivity contribution in [1.82, 2.24) is 10.3 Å². The third-order valence-corrected chi connectivity index (χ3v) is 3.29. The first-order chi connectivity index (χ1) is 8.44. The van der Waals surface area contributed by atoms with Gasteiger partial charge in [0.15, 0.2) is 0 Å². The van der Waals surface area contributed by atoms with Gasteiger partial charge in [0.05, 0.1) is 0 Å². The van der Waals surface area contributed by atoms with Gasteiger partial charge < -0.3 is 10.1 Å². The zero-order valence-electron chi connectivity index (χ0n) is 11.3. The summed E-state index contributed by atoms with van der Waals surface area (Å²) in [6, 6.07) is 1.93. The highest BCUT2D eigenvalue weighted by Gasteiger charge is 2.21. The Labute approximate surface area is 114 Å². The van der Waals surface area contributed by atoms with Gasteiger partial charge in [-0.3, -0.25) is 0 Å². The Morgan fingerprint density at radius 3 is 2.67 bits per heavy atom. The van der Waals surface area contributed by atoms with Crippen LogP contribution in [0.5, 0.6) is 5.88 Å². The quantitative estimate of drug-likeness (QED) is 0.907. The fraction of sp³-hybridized carbons (Fsp3) is 0.643. The van der Waals surface area contributed by atoms with Crippen LogP contribution in [0.15, 0.2) is 12.3 Å². The van der Waals surface area contributed by atoms with Crippen LogP contribution in [0, 0.1) is 0 Å². The van der Waals surface area contributed by atoms with Crippen LogP contribution in [0.25, 0.3) is 0 Å². The molecule has 0 spiro atoms. The van der Waals surface area contributed by atoms with Gasteiger partial charge in [0.1, 0.15) is 11.1 Å². The molecule has 0 aromatic carbocycles. The molecule has 1 aliphatic rings. The summed E-state index contributed by atoms with van der Waals surface area (Å²) in [6.07, 6.45) is 5.62. The first-order valence-corrected chi connectivity index (χ1v) is 6.88. The lowest BCUT2D eigenvalue weighted by Gasteiger charge is -2.26. The number of rotatable bonds is 4. The molecule has 0 amide bonds. The Morgan fingerprint density at radius 1 is 1.44 bits per heavy atom. The van der Waals surface area contributed by atoms with Gasteiger partial charge in [0.25, 0.3) is 0 Å². The largest absolute Gasteiger partial charge is 0.473 e. The van der Waals surface area contributed by atoms with Gasteiger partial charge in [-0.2, -0.15) is 0 Å². The van der Waals surface area contributed by atoms with Crippen molar-refractivity contribution in [3.63, 3.8) is 0 Å². The summed E-state index contributed by atoms with van der Waals surface area (Å²) >= 11 is 6.19. The Hall–Kier alpha value is -0.800. The van der Waals surface area contributed by atoms with Crippen LogP contribution in [-0.2, 0) is 6.54 Å². The highest BCUT2D eigenvalue weighted by Crippen LogP contribution is 2.29. The number of aromatic nitrogens is 1. The molecular formula is C14H21ClN2O. The van der Waals surface area contributed by atoms with Crippen molar-refractivity contribution in [2.75, 3.05) is 0 Å². The van der Waals surface area contributed by atoms with E-state index < -0.39 is 0 Å². The van der Waals surface area contributed by atoms with Crippen LogP contribution in [0.3, 0.4) is 0 Å². The third kappa shape index (κ3) is 3.85. The summed E-state index contributed by atoms with van der Waals surface area (Å²) in [7, 11) is 0. The van der Waals surface area contributed by atoms with Gasteiger partial charge in [-0.25, -0.2) is 4.98 Å². The average molecular weight is 269 g/mol. The Kier molecular flexibility index (Phi) is 4.13. The highest BCUT2D eigenvalue weighted by molar-refractivity contribution is 6.31. The first kappa shape index (κ1) is 13.6. The minimum Gasteiger partial charge on any atom is -0.473 e. The maximum atomic E-state index is 6.19. The van der Waals surface area contributed by atoms with Gasteiger partial charge in [0, 0.05) is 18.3 Å². The predicted octanol–water partition coefficient (Wildman–Crippen LogP) is 3.55. The minimum atomic E-state index is 0.0909. The summed E-state index contributed by atoms with van der Waals surface area (Å²) in [6.45, 7) is 7.17. The standard InChI is InChI=1S/C14H21ClN2O/c1-14(2,3)17-9-10-7-12(15)13(16-8-10)18-11-5-4-6-11/h7-8,11,17H,4-6,9H2,1-3H3. The van der Waals surface area contributed by atoms with E-state index in [-0.39, 0.29) is 5.54 Å². The summed E-state index contributed by atoms with van der Waals surface area (Å²) in [5.74, 6) is 0.570. The molecule has 0 atom stereocenters. The SMILES string of the molecule is CC(C)(C)NCc1cnc(OC2CCC2)c(Cl)c1. The number of nitrogens with one attached hydrogen (secondary N) is 1. The van der Waals surface area contributed by atoms with Gasteiger partial charge in [-0.05, 0) is 51.7 Å². The molecular weight excluding hydrogens is 248 g/mol. The summed E-state index contributed by atoms with van der Waals surface area (Å²) in [5, 5.41) is 4.02. The lowest BCUT2D eigenvalue weighted by Crippen LogP contribution is -2.35. The molecule has 0 unspecified atom stereocenters. The lowest BCUT2D eigenvalue weighted by molar-refractivity contribution is 0.114.